The Kier molecular flexibility index (Phi) is 3.73. The van der Waals surface area contributed by atoms with E-state index in [2.05, 4.69) is 10.4 Å². The van der Waals surface area contributed by atoms with Crippen molar-refractivity contribution in [1.82, 2.24) is 9.78 Å². The number of anilines is 1. The number of hydrogen-bond acceptors (Lipinski definition) is 4. The van der Waals surface area contributed by atoms with Gasteiger partial charge in [0.1, 0.15) is 5.69 Å². The Morgan fingerprint density at radius 1 is 0.962 bits per heavy atom. The van der Waals surface area contributed by atoms with Crippen molar-refractivity contribution in [2.75, 3.05) is 5.32 Å². The maximum atomic E-state index is 12.9. The molecule has 1 aliphatic rings. The fraction of sp³-hybridized carbons (Fsp3) is 0.100. The zero-order valence-corrected chi connectivity index (χ0v) is 14.0. The van der Waals surface area contributed by atoms with E-state index < -0.39 is 0 Å². The van der Waals surface area contributed by atoms with E-state index >= 15 is 0 Å². The van der Waals surface area contributed by atoms with E-state index in [9.17, 15) is 14.4 Å². The van der Waals surface area contributed by atoms with Crippen molar-refractivity contribution in [3.63, 3.8) is 0 Å². The molecule has 0 fully saturated rings. The summed E-state index contributed by atoms with van der Waals surface area (Å²) in [6, 6.07) is 13.2. The summed E-state index contributed by atoms with van der Waals surface area (Å²) >= 11 is 0. The molecule has 6 heteroatoms. The van der Waals surface area contributed by atoms with Crippen LogP contribution in [0, 0.1) is 0 Å². The van der Waals surface area contributed by atoms with Gasteiger partial charge < -0.3 is 5.32 Å². The van der Waals surface area contributed by atoms with Crippen LogP contribution in [0.2, 0.25) is 0 Å². The molecule has 26 heavy (non-hydrogen) atoms. The second kappa shape index (κ2) is 6.07. The van der Waals surface area contributed by atoms with Gasteiger partial charge in [0.2, 0.25) is 0 Å². The lowest BCUT2D eigenvalue weighted by Crippen LogP contribution is -2.24. The second-order valence-electron chi connectivity index (χ2n) is 5.92. The van der Waals surface area contributed by atoms with E-state index in [0.29, 0.717) is 34.6 Å². The van der Waals surface area contributed by atoms with Gasteiger partial charge in [0.25, 0.3) is 5.91 Å². The maximum Gasteiger partial charge on any atom is 0.273 e. The van der Waals surface area contributed by atoms with E-state index in [1.807, 2.05) is 6.92 Å². The number of carbonyl (C=O) groups excluding carboxylic acids is 3. The average Bonchev–Trinajstić information content (AvgIpc) is 3.15. The van der Waals surface area contributed by atoms with E-state index in [4.69, 9.17) is 0 Å². The number of hydrogen-bond donors (Lipinski definition) is 1. The number of fused-ring (bicyclic) bond motifs is 2. The summed E-state index contributed by atoms with van der Waals surface area (Å²) < 4.78 is 1.56. The third-order valence-electron chi connectivity index (χ3n) is 4.45. The van der Waals surface area contributed by atoms with E-state index in [-0.39, 0.29) is 23.0 Å². The van der Waals surface area contributed by atoms with Crippen molar-refractivity contribution >= 4 is 23.2 Å². The minimum Gasteiger partial charge on any atom is -0.320 e. The van der Waals surface area contributed by atoms with Gasteiger partial charge in [-0.25, -0.2) is 0 Å². The highest BCUT2D eigenvalue weighted by molar-refractivity contribution is 6.30. The summed E-state index contributed by atoms with van der Waals surface area (Å²) in [5, 5.41) is 6.83. The molecule has 0 bridgehead atoms. The Balaban J connectivity index is 1.78. The standard InChI is InChI=1S/C20H15N3O3/c1-2-23-16(10-11-21-23)20(26)22-15-9-5-8-14-17(15)19(25)13-7-4-3-6-12(13)18(14)24/h3-11H,2H2,1H3,(H,22,26). The summed E-state index contributed by atoms with van der Waals surface area (Å²) in [4.78, 5) is 38.3. The zero-order chi connectivity index (χ0) is 18.3. The number of carbonyl (C=O) groups is 3. The normalized spacial score (nSPS) is 12.5. The van der Waals surface area contributed by atoms with Gasteiger partial charge in [-0.05, 0) is 19.1 Å². The monoisotopic (exact) mass is 345 g/mol. The number of nitrogens with one attached hydrogen (secondary N) is 1. The van der Waals surface area contributed by atoms with Crippen molar-refractivity contribution in [2.24, 2.45) is 0 Å². The largest absolute Gasteiger partial charge is 0.320 e. The van der Waals surface area contributed by atoms with Crippen LogP contribution in [0.4, 0.5) is 5.69 Å². The lowest BCUT2D eigenvalue weighted by Gasteiger charge is -2.20. The van der Waals surface area contributed by atoms with Gasteiger partial charge in [0.05, 0.1) is 11.3 Å². The number of benzene rings is 2. The molecule has 0 saturated heterocycles. The predicted molar refractivity (Wildman–Crippen MR) is 95.6 cm³/mol. The van der Waals surface area contributed by atoms with Crippen LogP contribution in [0.3, 0.4) is 0 Å². The summed E-state index contributed by atoms with van der Waals surface area (Å²) in [5.74, 6) is -0.864. The van der Waals surface area contributed by atoms with Crippen LogP contribution in [-0.4, -0.2) is 27.3 Å². The first-order valence-corrected chi connectivity index (χ1v) is 8.26. The molecule has 0 saturated carbocycles. The van der Waals surface area contributed by atoms with E-state index in [0.717, 1.165) is 0 Å². The Labute approximate surface area is 149 Å². The molecule has 2 aromatic carbocycles. The molecule has 3 aromatic rings. The summed E-state index contributed by atoms with van der Waals surface area (Å²) in [5.41, 5.74) is 1.98. The van der Waals surface area contributed by atoms with E-state index in [1.165, 1.54) is 0 Å². The molecule has 6 nitrogen and oxygen atoms in total. The zero-order valence-electron chi connectivity index (χ0n) is 14.0. The van der Waals surface area contributed by atoms with Crippen molar-refractivity contribution in [3.8, 4) is 0 Å². The van der Waals surface area contributed by atoms with Crippen LogP contribution in [0.15, 0.2) is 54.7 Å². The van der Waals surface area contributed by atoms with Crippen LogP contribution >= 0.6 is 0 Å². The molecule has 1 heterocycles. The Bertz CT molecular complexity index is 1070. The minimum absolute atomic E-state index is 0.218. The molecule has 4 rings (SSSR count). The summed E-state index contributed by atoms with van der Waals surface area (Å²) in [6.45, 7) is 2.43. The van der Waals surface area contributed by atoms with Gasteiger partial charge in [-0.1, -0.05) is 36.4 Å². The topological polar surface area (TPSA) is 81.1 Å². The van der Waals surface area contributed by atoms with Crippen LogP contribution in [0.5, 0.6) is 0 Å². The number of aryl methyl sites for hydroxylation is 1. The molecule has 1 aromatic heterocycles. The smallest absolute Gasteiger partial charge is 0.273 e. The predicted octanol–water partition coefficient (Wildman–Crippen LogP) is 2.93. The molecule has 0 aliphatic heterocycles. The number of ketones is 2. The molecule has 0 unspecified atom stereocenters. The average molecular weight is 345 g/mol. The molecule has 1 aliphatic carbocycles. The van der Waals surface area contributed by atoms with Crippen LogP contribution in [-0.2, 0) is 6.54 Å². The molecule has 0 atom stereocenters. The quantitative estimate of drug-likeness (QED) is 0.619. The third-order valence-corrected chi connectivity index (χ3v) is 4.45. The first kappa shape index (κ1) is 16.0. The maximum absolute atomic E-state index is 12.9. The summed E-state index contributed by atoms with van der Waals surface area (Å²) in [7, 11) is 0. The van der Waals surface area contributed by atoms with Crippen molar-refractivity contribution in [2.45, 2.75) is 13.5 Å². The lowest BCUT2D eigenvalue weighted by atomic mass is 9.83. The number of amides is 1. The second-order valence-corrected chi connectivity index (χ2v) is 5.92. The first-order valence-electron chi connectivity index (χ1n) is 8.26. The highest BCUT2D eigenvalue weighted by Crippen LogP contribution is 2.32. The summed E-state index contributed by atoms with van der Waals surface area (Å²) in [6.07, 6.45) is 1.55. The van der Waals surface area contributed by atoms with Crippen molar-refractivity contribution in [1.29, 1.82) is 0 Å². The number of aromatic nitrogens is 2. The van der Waals surface area contributed by atoms with Gasteiger partial charge in [-0.15, -0.1) is 0 Å². The van der Waals surface area contributed by atoms with E-state index in [1.54, 1.807) is 59.4 Å². The van der Waals surface area contributed by atoms with Crippen molar-refractivity contribution < 1.29 is 14.4 Å². The fourth-order valence-corrected chi connectivity index (χ4v) is 3.21. The van der Waals surface area contributed by atoms with Gasteiger partial charge in [0.15, 0.2) is 11.6 Å². The molecular weight excluding hydrogens is 330 g/mol. The minimum atomic E-state index is -0.378. The Hall–Kier alpha value is -3.54. The SMILES string of the molecule is CCn1nccc1C(=O)Nc1cccc2c1C(=O)c1ccccc1C2=O. The Morgan fingerprint density at radius 2 is 1.65 bits per heavy atom. The van der Waals surface area contributed by atoms with Crippen LogP contribution < -0.4 is 5.32 Å². The van der Waals surface area contributed by atoms with Crippen LogP contribution in [0.1, 0.15) is 49.3 Å². The van der Waals surface area contributed by atoms with Crippen LogP contribution in [0.25, 0.3) is 0 Å². The Morgan fingerprint density at radius 3 is 2.38 bits per heavy atom. The number of nitrogens with zero attached hydrogens (tertiary/aromatic N) is 2. The molecule has 0 radical (unpaired) electrons. The molecule has 128 valence electrons. The highest BCUT2D eigenvalue weighted by atomic mass is 16.2. The van der Waals surface area contributed by atoms with Gasteiger partial charge in [-0.3, -0.25) is 19.1 Å². The van der Waals surface area contributed by atoms with Crippen molar-refractivity contribution in [3.05, 3.63) is 82.7 Å². The molecule has 0 spiro atoms. The molecule has 1 amide bonds. The molecule has 1 N–H and O–H groups in total. The third kappa shape index (κ3) is 2.35. The fourth-order valence-electron chi connectivity index (χ4n) is 3.21. The molecular formula is C20H15N3O3. The highest BCUT2D eigenvalue weighted by Gasteiger charge is 2.31. The first-order chi connectivity index (χ1) is 12.6. The van der Waals surface area contributed by atoms with Gasteiger partial charge in [-0.2, -0.15) is 5.10 Å². The number of rotatable bonds is 3. The van der Waals surface area contributed by atoms with Gasteiger partial charge in [0, 0.05) is 29.4 Å². The lowest BCUT2D eigenvalue weighted by molar-refractivity contribution is 0.0978. The van der Waals surface area contributed by atoms with Gasteiger partial charge >= 0.3 is 0 Å².